The minimum absolute atomic E-state index is 0.00156. The van der Waals surface area contributed by atoms with Crippen LogP contribution in [-0.4, -0.2) is 289 Å². The van der Waals surface area contributed by atoms with Gasteiger partial charge in [-0.25, -0.2) is 24.3 Å². The number of carbonyl (C=O) groups is 16. The zero-order chi connectivity index (χ0) is 90.4. The van der Waals surface area contributed by atoms with E-state index >= 15 is 0 Å². The maximum absolute atomic E-state index is 14.3. The average Bonchev–Trinajstić information content (AvgIpc) is 1.35. The van der Waals surface area contributed by atoms with Crippen LogP contribution in [0, 0.1) is 16.7 Å². The number of Topliss-reactive ketones (excluding diaryl/α,β-unsaturated/α-hetero) is 2. The van der Waals surface area contributed by atoms with Crippen molar-refractivity contribution in [3.05, 3.63) is 83.7 Å². The average molecular weight is 1750 g/mol. The molecule has 6 atom stereocenters. The lowest BCUT2D eigenvalue weighted by Gasteiger charge is -2.28. The molecule has 0 spiro atoms. The molecule has 21 N–H and O–H groups in total. The van der Waals surface area contributed by atoms with Gasteiger partial charge < -0.3 is 104 Å². The number of hydrogen-bond acceptors (Lipinski definition) is 24. The molecule has 1 aromatic heterocycles. The van der Waals surface area contributed by atoms with Gasteiger partial charge in [-0.3, -0.25) is 93.2 Å². The summed E-state index contributed by atoms with van der Waals surface area (Å²) in [7, 11) is 0. The molecule has 0 radical (unpaired) electrons. The molecular formula is C78H118FN23O22. The molecule has 45 nitrogen and oxygen atoms in total. The van der Waals surface area contributed by atoms with Crippen LogP contribution >= 0.6 is 0 Å². The van der Waals surface area contributed by atoms with Crippen LogP contribution in [0.15, 0.2) is 66.9 Å². The van der Waals surface area contributed by atoms with Gasteiger partial charge >= 0.3 is 24.0 Å². The number of guanidine groups is 2. The summed E-state index contributed by atoms with van der Waals surface area (Å²) in [5.74, 6) is -14.0. The zero-order valence-corrected chi connectivity index (χ0v) is 69.4. The van der Waals surface area contributed by atoms with Gasteiger partial charge in [0.25, 0.3) is 5.91 Å². The predicted molar refractivity (Wildman–Crippen MR) is 439 cm³/mol. The fourth-order valence-electron chi connectivity index (χ4n) is 12.4. The number of unbranched alkanes of at least 4 members (excludes halogenated alkanes) is 2. The van der Waals surface area contributed by atoms with Crippen molar-refractivity contribution in [3.8, 4) is 0 Å². The molecular weight excluding hydrogens is 1630 g/mol. The number of hydrazine groups is 2. The summed E-state index contributed by atoms with van der Waals surface area (Å²) in [5, 5.41) is 72.2. The summed E-state index contributed by atoms with van der Waals surface area (Å²) in [5.41, 5.74) is 17.2. The minimum atomic E-state index is -1.75. The van der Waals surface area contributed by atoms with E-state index in [0.717, 1.165) is 10.0 Å². The number of nitrogens with two attached hydrogens (primary N) is 2. The Bertz CT molecular complexity index is 3790. The van der Waals surface area contributed by atoms with Crippen molar-refractivity contribution in [2.24, 2.45) is 17.4 Å². The number of aryl methyl sites for hydroxylation is 1. The highest BCUT2D eigenvalue weighted by Gasteiger charge is 2.35. The van der Waals surface area contributed by atoms with Gasteiger partial charge in [-0.2, -0.15) is 0 Å². The third-order valence-corrected chi connectivity index (χ3v) is 18.9. The highest BCUT2D eigenvalue weighted by Crippen LogP contribution is 2.16. The van der Waals surface area contributed by atoms with E-state index in [2.05, 4.69) is 79.6 Å². The Morgan fingerprint density at radius 3 is 1.45 bits per heavy atom. The van der Waals surface area contributed by atoms with Gasteiger partial charge in [0.1, 0.15) is 36.8 Å². The normalized spacial score (nSPS) is 17.8. The Hall–Kier alpha value is -12.6. The largest absolute Gasteiger partial charge is 0.481 e. The van der Waals surface area contributed by atoms with Gasteiger partial charge in [0, 0.05) is 77.8 Å². The molecule has 0 saturated carbocycles. The van der Waals surface area contributed by atoms with E-state index in [0.29, 0.717) is 42.7 Å². The van der Waals surface area contributed by atoms with Gasteiger partial charge in [-0.05, 0) is 94.6 Å². The Kier molecular flexibility index (Phi) is 48.0. The molecule has 684 valence electrons. The molecule has 2 fully saturated rings. The number of halogens is 1. The van der Waals surface area contributed by atoms with Crippen molar-refractivity contribution in [2.75, 3.05) is 112 Å². The van der Waals surface area contributed by atoms with Gasteiger partial charge in [-0.1, -0.05) is 65.9 Å². The molecule has 0 aliphatic carbocycles. The second-order valence-electron chi connectivity index (χ2n) is 29.0. The second kappa shape index (κ2) is 58.4. The first kappa shape index (κ1) is 102. The van der Waals surface area contributed by atoms with Gasteiger partial charge in [0.05, 0.1) is 110 Å². The number of amides is 14. The summed E-state index contributed by atoms with van der Waals surface area (Å²) in [4.78, 5) is 217. The van der Waals surface area contributed by atoms with Gasteiger partial charge in [0.15, 0.2) is 23.5 Å². The number of carboxylic acids is 2. The third kappa shape index (κ3) is 43.3. The topological polar surface area (TPSA) is 647 Å². The third-order valence-electron chi connectivity index (χ3n) is 18.9. The molecule has 0 bridgehead atoms. The Balaban J connectivity index is 1.23. The maximum atomic E-state index is 14.3. The van der Waals surface area contributed by atoms with Gasteiger partial charge in [-0.15, -0.1) is 5.10 Å². The Labute approximate surface area is 715 Å². The number of hydrogen-bond donors (Lipinski definition) is 19. The van der Waals surface area contributed by atoms with Crippen LogP contribution < -0.4 is 80.8 Å². The fourth-order valence-corrected chi connectivity index (χ4v) is 12.4. The van der Waals surface area contributed by atoms with E-state index in [4.69, 9.17) is 41.2 Å². The number of alkyl halides is 1. The smallest absolute Gasteiger partial charge is 0.337 e. The zero-order valence-electron chi connectivity index (χ0n) is 69.4. The van der Waals surface area contributed by atoms with Crippen molar-refractivity contribution in [1.82, 2.24) is 99.2 Å². The molecule has 2 aliphatic heterocycles. The van der Waals surface area contributed by atoms with E-state index in [9.17, 15) is 91.3 Å². The molecule has 0 unspecified atom stereocenters. The number of ketones is 2. The molecule has 2 aliphatic rings. The standard InChI is InChI=1S/C78H118FN23O22/c79-28-11-19-55-50-100(98-95-55)51-56(103)20-14-35-121-37-39-123-41-42-124-40-38-122-36-27-66(108)99(33-25-63(105)84-29-9-7-21-60-72(116)91-58(23-12-31-86-75(80)81)70(114)88-46-57(104)43-54(44-67(109)110)69(113)96-101(77(119)93-60)48-52-15-3-1-4-16-52)34-26-64(106)85-30-10-8-22-61-73(117)92-59(24-13-32-87-76(82)83)71(115)89-47-65(107)90-62(45-68(111)112)74(118)97-102(78(120)94-61)49-53-17-5-2-6-18-53/h1-6,15-18,50,54,58-62H,7-14,19-49,51H2,(H,84,105)(H,85,106)(H,88,114)(H,89,115)(H,90,107)(H,91,116)(H,92,117)(H,93,119)(H,94,120)(H,96,113)(H,97,118)(H,109,110)(H,111,112)(H4,80,81,86)(H4,82,83,87)/t54-,58-,59-,60-,61-,62-/m0/s1/i79-1. The molecule has 124 heavy (non-hydrogen) atoms. The van der Waals surface area contributed by atoms with Crippen molar-refractivity contribution < 1.29 is 110 Å². The number of carbonyl (C=O) groups excluding carboxylic acids is 14. The summed E-state index contributed by atoms with van der Waals surface area (Å²) in [6.07, 6.45) is 0.594. The number of carboxylic acid groups (broad SMARTS) is 2. The van der Waals surface area contributed by atoms with Gasteiger partial charge in [0.2, 0.25) is 53.2 Å². The first-order valence-electron chi connectivity index (χ1n) is 41.1. The van der Waals surface area contributed by atoms with Crippen molar-refractivity contribution in [2.45, 2.75) is 178 Å². The van der Waals surface area contributed by atoms with Crippen molar-refractivity contribution in [1.29, 1.82) is 10.8 Å². The van der Waals surface area contributed by atoms with Crippen LogP contribution in [0.4, 0.5) is 14.0 Å². The van der Waals surface area contributed by atoms with E-state index in [1.54, 1.807) is 66.9 Å². The van der Waals surface area contributed by atoms with Crippen LogP contribution in [0.5, 0.6) is 0 Å². The number of urea groups is 2. The van der Waals surface area contributed by atoms with Crippen molar-refractivity contribution >= 4 is 107 Å². The summed E-state index contributed by atoms with van der Waals surface area (Å²) < 4.78 is 36.4. The molecule has 46 heteroatoms. The molecule has 3 aromatic rings. The van der Waals surface area contributed by atoms with E-state index < -0.39 is 164 Å². The quantitative estimate of drug-likeness (QED) is 0.0154. The minimum Gasteiger partial charge on any atom is -0.481 e. The Morgan fingerprint density at radius 2 is 0.960 bits per heavy atom. The van der Waals surface area contributed by atoms with Crippen LogP contribution in [0.3, 0.4) is 0 Å². The second-order valence-corrected chi connectivity index (χ2v) is 29.0. The van der Waals surface area contributed by atoms with Crippen LogP contribution in [0.2, 0.25) is 0 Å². The number of nitrogens with one attached hydrogen (secondary N) is 15. The Morgan fingerprint density at radius 1 is 0.500 bits per heavy atom. The number of nitrogens with zero attached hydrogens (tertiary/aromatic N) is 6. The van der Waals surface area contributed by atoms with Crippen LogP contribution in [0.1, 0.15) is 139 Å². The molecule has 3 heterocycles. The highest BCUT2D eigenvalue weighted by molar-refractivity contribution is 5.98. The first-order chi connectivity index (χ1) is 59.5. The SMILES string of the molecule is N=C(N)NCCC[C@@H]1NC(=O)[C@H](CCCCNC(=O)CCN(CCC(=O)NCCCC[C@@H]2NC(=O)N(Cc3ccccc3)NC(=O)[C@H](CC(=O)O)NC(=O)CNC(=O)[C@H](CCCNC(=N)N)NC2=O)C(=O)CCOCCOCCOCCOCCCC(=O)Cn2cc(CCC[18F])nn2)NC(=O)N(Cc2ccccc2)NC(=O)[C@H](CC(=O)O)CC(=O)CNC1=O. The van der Waals surface area contributed by atoms with E-state index in [1.807, 2.05) is 0 Å². The number of benzene rings is 2. The lowest BCUT2D eigenvalue weighted by molar-refractivity contribution is -0.143. The van der Waals surface area contributed by atoms with Crippen LogP contribution in [-0.2, 0) is 112 Å². The lowest BCUT2D eigenvalue weighted by atomic mass is 9.97. The van der Waals surface area contributed by atoms with Crippen molar-refractivity contribution in [3.63, 3.8) is 0 Å². The highest BCUT2D eigenvalue weighted by atomic mass is 18.2. The number of aliphatic carboxylic acids is 2. The first-order valence-corrected chi connectivity index (χ1v) is 41.1. The molecule has 2 saturated heterocycles. The fraction of sp³-hybridized carbons (Fsp3) is 0.590. The molecule has 2 aromatic carbocycles. The van der Waals surface area contributed by atoms with E-state index in [1.165, 1.54) is 9.58 Å². The van der Waals surface area contributed by atoms with E-state index in [-0.39, 0.29) is 213 Å². The molecule has 14 amide bonds. The predicted octanol–water partition coefficient (Wildman–Crippen LogP) is -2.84. The van der Waals surface area contributed by atoms with Crippen LogP contribution in [0.25, 0.3) is 0 Å². The lowest BCUT2D eigenvalue weighted by Crippen LogP contribution is -2.59. The number of aromatic nitrogens is 3. The summed E-state index contributed by atoms with van der Waals surface area (Å²) in [6, 6.07) is 7.20. The number of ether oxygens (including phenoxy) is 4. The monoisotopic (exact) mass is 1750 g/mol. The maximum Gasteiger partial charge on any atom is 0.337 e. The molecule has 5 rings (SSSR count). The summed E-state index contributed by atoms with van der Waals surface area (Å²) in [6.45, 7) is -1.17. The summed E-state index contributed by atoms with van der Waals surface area (Å²) >= 11 is 0. The number of rotatable bonds is 53.